The van der Waals surface area contributed by atoms with Gasteiger partial charge in [-0.15, -0.1) is 0 Å². The first kappa shape index (κ1) is 15.0. The van der Waals surface area contributed by atoms with Crippen LogP contribution in [0.4, 0.5) is 0 Å². The topological polar surface area (TPSA) is 49.4 Å². The number of amides is 2. The van der Waals surface area contributed by atoms with Gasteiger partial charge in [0.25, 0.3) is 0 Å². The number of halogens is 1. The van der Waals surface area contributed by atoms with Gasteiger partial charge in [0.1, 0.15) is 6.04 Å². The van der Waals surface area contributed by atoms with Gasteiger partial charge in [-0.3, -0.25) is 9.59 Å². The fourth-order valence-corrected chi connectivity index (χ4v) is 2.73. The van der Waals surface area contributed by atoms with Crippen LogP contribution in [0.15, 0.2) is 28.7 Å². The quantitative estimate of drug-likeness (QED) is 0.899. The Morgan fingerprint density at radius 3 is 2.65 bits per heavy atom. The molecule has 2 amide bonds. The Balaban J connectivity index is 2.18. The third-order valence-corrected chi connectivity index (χ3v) is 3.82. The predicted molar refractivity (Wildman–Crippen MR) is 80.9 cm³/mol. The SMILES string of the molecule is CC(C)(C)C1NC(=O)CN(Cc2cccc(Br)c2)C1=O. The highest BCUT2D eigenvalue weighted by Gasteiger charge is 2.39. The molecule has 0 bridgehead atoms. The predicted octanol–water partition coefficient (Wildman–Crippen LogP) is 2.32. The van der Waals surface area contributed by atoms with Crippen molar-refractivity contribution in [2.24, 2.45) is 5.41 Å². The van der Waals surface area contributed by atoms with Gasteiger partial charge in [0.05, 0.1) is 6.54 Å². The highest BCUT2D eigenvalue weighted by molar-refractivity contribution is 9.10. The van der Waals surface area contributed by atoms with Crippen LogP contribution in [0, 0.1) is 5.41 Å². The first-order valence-electron chi connectivity index (χ1n) is 6.60. The molecular weight excluding hydrogens is 320 g/mol. The Morgan fingerprint density at radius 2 is 2.05 bits per heavy atom. The molecule has 1 heterocycles. The largest absolute Gasteiger partial charge is 0.342 e. The highest BCUT2D eigenvalue weighted by atomic mass is 79.9. The van der Waals surface area contributed by atoms with Crippen molar-refractivity contribution in [3.8, 4) is 0 Å². The zero-order valence-corrected chi connectivity index (χ0v) is 13.5. The smallest absolute Gasteiger partial charge is 0.246 e. The minimum absolute atomic E-state index is 0.0166. The summed E-state index contributed by atoms with van der Waals surface area (Å²) in [7, 11) is 0. The van der Waals surface area contributed by atoms with Crippen molar-refractivity contribution in [1.82, 2.24) is 10.2 Å². The Kier molecular flexibility index (Phi) is 4.18. The molecule has 1 fully saturated rings. The van der Waals surface area contributed by atoms with Crippen molar-refractivity contribution in [3.63, 3.8) is 0 Å². The van der Waals surface area contributed by atoms with Gasteiger partial charge >= 0.3 is 0 Å². The lowest BCUT2D eigenvalue weighted by molar-refractivity contribution is -0.147. The third-order valence-electron chi connectivity index (χ3n) is 3.33. The monoisotopic (exact) mass is 338 g/mol. The maximum absolute atomic E-state index is 12.5. The first-order chi connectivity index (χ1) is 9.27. The zero-order chi connectivity index (χ0) is 14.9. The Labute approximate surface area is 127 Å². The number of nitrogens with zero attached hydrogens (tertiary/aromatic N) is 1. The van der Waals surface area contributed by atoms with E-state index in [1.54, 1.807) is 4.90 Å². The standard InChI is InChI=1S/C15H19BrN2O2/c1-15(2,3)13-14(20)18(9-12(19)17-13)8-10-5-4-6-11(16)7-10/h4-7,13H,8-9H2,1-3H3,(H,17,19). The van der Waals surface area contributed by atoms with Crippen molar-refractivity contribution in [3.05, 3.63) is 34.3 Å². The molecule has 0 spiro atoms. The number of hydrogen-bond acceptors (Lipinski definition) is 2. The molecular formula is C15H19BrN2O2. The van der Waals surface area contributed by atoms with E-state index in [1.165, 1.54) is 0 Å². The van der Waals surface area contributed by atoms with Crippen molar-refractivity contribution in [2.45, 2.75) is 33.4 Å². The van der Waals surface area contributed by atoms with Crippen molar-refractivity contribution in [1.29, 1.82) is 0 Å². The molecule has 1 N–H and O–H groups in total. The summed E-state index contributed by atoms with van der Waals surface area (Å²) in [4.78, 5) is 25.9. The van der Waals surface area contributed by atoms with E-state index in [1.807, 2.05) is 45.0 Å². The number of benzene rings is 1. The summed E-state index contributed by atoms with van der Waals surface area (Å²) in [5.41, 5.74) is 0.720. The van der Waals surface area contributed by atoms with Crippen LogP contribution in [0.2, 0.25) is 0 Å². The summed E-state index contributed by atoms with van der Waals surface area (Å²) in [6, 6.07) is 7.32. The third kappa shape index (κ3) is 3.39. The molecule has 1 saturated heterocycles. The van der Waals surface area contributed by atoms with Gasteiger partial charge in [0.15, 0.2) is 0 Å². The summed E-state index contributed by atoms with van der Waals surface area (Å²) in [5.74, 6) is -0.114. The summed E-state index contributed by atoms with van der Waals surface area (Å²) in [5, 5.41) is 2.79. The summed E-state index contributed by atoms with van der Waals surface area (Å²) < 4.78 is 0.969. The zero-order valence-electron chi connectivity index (χ0n) is 11.9. The Hall–Kier alpha value is -1.36. The second kappa shape index (κ2) is 5.56. The van der Waals surface area contributed by atoms with Crippen LogP contribution in [0.1, 0.15) is 26.3 Å². The maximum atomic E-state index is 12.5. The molecule has 5 heteroatoms. The molecule has 1 unspecified atom stereocenters. The normalized spacial score (nSPS) is 20.0. The molecule has 20 heavy (non-hydrogen) atoms. The van der Waals surface area contributed by atoms with E-state index >= 15 is 0 Å². The van der Waals surface area contributed by atoms with Gasteiger partial charge in [-0.1, -0.05) is 48.8 Å². The molecule has 0 radical (unpaired) electrons. The van der Waals surface area contributed by atoms with Crippen LogP contribution in [-0.2, 0) is 16.1 Å². The van der Waals surface area contributed by atoms with Gasteiger partial charge in [0.2, 0.25) is 11.8 Å². The first-order valence-corrected chi connectivity index (χ1v) is 7.39. The summed E-state index contributed by atoms with van der Waals surface area (Å²) in [6.07, 6.45) is 0. The molecule has 0 saturated carbocycles. The van der Waals surface area contributed by atoms with Gasteiger partial charge in [0, 0.05) is 11.0 Å². The van der Waals surface area contributed by atoms with E-state index in [0.29, 0.717) is 6.54 Å². The lowest BCUT2D eigenvalue weighted by Crippen LogP contribution is -2.61. The van der Waals surface area contributed by atoms with Crippen molar-refractivity contribution in [2.75, 3.05) is 6.54 Å². The summed E-state index contributed by atoms with van der Waals surface area (Å²) in [6.45, 7) is 6.45. The summed E-state index contributed by atoms with van der Waals surface area (Å²) >= 11 is 3.41. The van der Waals surface area contributed by atoms with Crippen LogP contribution in [-0.4, -0.2) is 29.3 Å². The van der Waals surface area contributed by atoms with Crippen LogP contribution in [0.25, 0.3) is 0 Å². The molecule has 108 valence electrons. The number of carbonyl (C=O) groups is 2. The van der Waals surface area contributed by atoms with E-state index in [2.05, 4.69) is 21.2 Å². The molecule has 1 aliphatic heterocycles. The van der Waals surface area contributed by atoms with Crippen LogP contribution >= 0.6 is 15.9 Å². The number of piperazine rings is 1. The van der Waals surface area contributed by atoms with E-state index in [4.69, 9.17) is 0 Å². The fraction of sp³-hybridized carbons (Fsp3) is 0.467. The number of rotatable bonds is 2. The van der Waals surface area contributed by atoms with Crippen LogP contribution in [0.5, 0.6) is 0 Å². The van der Waals surface area contributed by atoms with Crippen molar-refractivity contribution >= 4 is 27.7 Å². The number of nitrogens with one attached hydrogen (secondary N) is 1. The molecule has 1 aromatic rings. The van der Waals surface area contributed by atoms with E-state index in [9.17, 15) is 9.59 Å². The minimum atomic E-state index is -0.462. The second-order valence-corrected chi connectivity index (χ2v) is 7.11. The van der Waals surface area contributed by atoms with E-state index in [-0.39, 0.29) is 23.8 Å². The van der Waals surface area contributed by atoms with E-state index < -0.39 is 6.04 Å². The second-order valence-electron chi connectivity index (χ2n) is 6.19. The fourth-order valence-electron chi connectivity index (χ4n) is 2.28. The van der Waals surface area contributed by atoms with Gasteiger partial charge in [-0.05, 0) is 23.1 Å². The van der Waals surface area contributed by atoms with Crippen LogP contribution in [0.3, 0.4) is 0 Å². The van der Waals surface area contributed by atoms with Gasteiger partial charge < -0.3 is 10.2 Å². The Morgan fingerprint density at radius 1 is 1.35 bits per heavy atom. The van der Waals surface area contributed by atoms with Gasteiger partial charge in [-0.2, -0.15) is 0 Å². The van der Waals surface area contributed by atoms with Gasteiger partial charge in [-0.25, -0.2) is 0 Å². The lowest BCUT2D eigenvalue weighted by Gasteiger charge is -2.38. The molecule has 1 aromatic carbocycles. The van der Waals surface area contributed by atoms with Crippen LogP contribution < -0.4 is 5.32 Å². The number of hydrogen-bond donors (Lipinski definition) is 1. The molecule has 0 aliphatic carbocycles. The maximum Gasteiger partial charge on any atom is 0.246 e. The minimum Gasteiger partial charge on any atom is -0.342 e. The molecule has 4 nitrogen and oxygen atoms in total. The van der Waals surface area contributed by atoms with E-state index in [0.717, 1.165) is 10.0 Å². The average molecular weight is 339 g/mol. The molecule has 2 rings (SSSR count). The molecule has 1 aliphatic rings. The number of carbonyl (C=O) groups excluding carboxylic acids is 2. The average Bonchev–Trinajstić information content (AvgIpc) is 2.32. The molecule has 1 atom stereocenters. The highest BCUT2D eigenvalue weighted by Crippen LogP contribution is 2.24. The Bertz CT molecular complexity index is 537. The lowest BCUT2D eigenvalue weighted by atomic mass is 9.84. The molecule has 0 aromatic heterocycles. The van der Waals surface area contributed by atoms with Crippen molar-refractivity contribution < 1.29 is 9.59 Å².